The number of hydrogen-bond donors (Lipinski definition) is 4. The van der Waals surface area contributed by atoms with Gasteiger partial charge in [0.05, 0.1) is 11.1 Å². The molecule has 0 saturated carbocycles. The third-order valence-corrected chi connectivity index (χ3v) is 5.29. The largest absolute Gasteiger partial charge is 0.478 e. The fourth-order valence-corrected chi connectivity index (χ4v) is 3.63. The maximum atomic E-state index is 12.0. The minimum atomic E-state index is -1.57. The van der Waals surface area contributed by atoms with Crippen LogP contribution in [0.5, 0.6) is 34.5 Å². The van der Waals surface area contributed by atoms with Gasteiger partial charge in [-0.3, -0.25) is 0 Å². The smallest absolute Gasteiger partial charge is 0.340 e. The molecule has 0 aliphatic heterocycles. The molecule has 0 atom stereocenters. The first-order chi connectivity index (χ1) is 18.7. The highest BCUT2D eigenvalue weighted by Gasteiger charge is 2.26. The average Bonchev–Trinajstić information content (AvgIpc) is 2.90. The second-order valence-electron chi connectivity index (χ2n) is 7.78. The summed E-state index contributed by atoms with van der Waals surface area (Å²) in [7, 11) is 0. The average molecular weight is 530 g/mol. The molecule has 0 heterocycles. The van der Waals surface area contributed by atoms with Crippen molar-refractivity contribution in [3.63, 3.8) is 0 Å². The molecule has 11 heteroatoms. The van der Waals surface area contributed by atoms with Crippen molar-refractivity contribution in [1.29, 1.82) is 0 Å². The normalized spacial score (nSPS) is 10.4. The lowest BCUT2D eigenvalue weighted by Gasteiger charge is -2.18. The van der Waals surface area contributed by atoms with E-state index in [-0.39, 0.29) is 28.7 Å². The van der Waals surface area contributed by atoms with Crippen LogP contribution in [0.2, 0.25) is 0 Å². The highest BCUT2D eigenvalue weighted by Crippen LogP contribution is 2.45. The lowest BCUT2D eigenvalue weighted by atomic mass is 10.1. The van der Waals surface area contributed by atoms with Crippen LogP contribution >= 0.6 is 0 Å². The Kier molecular flexibility index (Phi) is 7.43. The van der Waals surface area contributed by atoms with Gasteiger partial charge in [-0.1, -0.05) is 36.4 Å². The van der Waals surface area contributed by atoms with E-state index in [1.165, 1.54) is 42.5 Å². The summed E-state index contributed by atoms with van der Waals surface area (Å²) in [6.45, 7) is 0. The number of rotatable bonds is 10. The minimum Gasteiger partial charge on any atom is -0.478 e. The second-order valence-corrected chi connectivity index (χ2v) is 7.78. The summed E-state index contributed by atoms with van der Waals surface area (Å²) in [6.07, 6.45) is 0. The van der Waals surface area contributed by atoms with Gasteiger partial charge < -0.3 is 34.6 Å². The lowest BCUT2D eigenvalue weighted by molar-refractivity contribution is 0.0648. The number of benzene rings is 4. The van der Waals surface area contributed by atoms with Gasteiger partial charge >= 0.3 is 23.9 Å². The predicted molar refractivity (Wildman–Crippen MR) is 134 cm³/mol. The van der Waals surface area contributed by atoms with Crippen molar-refractivity contribution in [3.05, 3.63) is 107 Å². The van der Waals surface area contributed by atoms with Crippen LogP contribution in [0.25, 0.3) is 0 Å². The summed E-state index contributed by atoms with van der Waals surface area (Å²) in [6, 6.07) is 19.9. The maximum Gasteiger partial charge on any atom is 0.340 e. The first-order valence-corrected chi connectivity index (χ1v) is 11.1. The van der Waals surface area contributed by atoms with Gasteiger partial charge in [-0.05, 0) is 48.5 Å². The highest BCUT2D eigenvalue weighted by molar-refractivity contribution is 6.04. The summed E-state index contributed by atoms with van der Waals surface area (Å²) >= 11 is 0. The molecule has 0 bridgehead atoms. The Morgan fingerprint density at radius 3 is 1.36 bits per heavy atom. The monoisotopic (exact) mass is 530 g/mol. The SMILES string of the molecule is O=C(O)c1cccc(Oc2cccc(Oc3ccccc3)c2Oc2cccc(C(=O)O)c2C(=O)O)c1C(=O)O. The summed E-state index contributed by atoms with van der Waals surface area (Å²) in [4.78, 5) is 47.2. The zero-order valence-corrected chi connectivity index (χ0v) is 19.7. The number of carbonyl (C=O) groups is 4. The molecule has 0 aliphatic rings. The Morgan fingerprint density at radius 2 is 0.872 bits per heavy atom. The molecule has 0 amide bonds. The Hall–Kier alpha value is -5.84. The van der Waals surface area contributed by atoms with E-state index in [1.807, 2.05) is 0 Å². The van der Waals surface area contributed by atoms with Crippen molar-refractivity contribution in [1.82, 2.24) is 0 Å². The van der Waals surface area contributed by atoms with Crippen LogP contribution in [-0.4, -0.2) is 44.3 Å². The predicted octanol–water partition coefficient (Wildman–Crippen LogP) is 5.86. The number of para-hydroxylation sites is 2. The van der Waals surface area contributed by atoms with Crippen LogP contribution in [-0.2, 0) is 0 Å². The number of carboxylic acid groups (broad SMARTS) is 4. The number of carboxylic acids is 4. The van der Waals surface area contributed by atoms with Gasteiger partial charge in [0.2, 0.25) is 5.75 Å². The molecule has 0 aromatic heterocycles. The quantitative estimate of drug-likeness (QED) is 0.193. The minimum absolute atomic E-state index is 0.00188. The summed E-state index contributed by atoms with van der Waals surface area (Å²) in [5, 5.41) is 38.4. The van der Waals surface area contributed by atoms with Crippen molar-refractivity contribution in [2.45, 2.75) is 0 Å². The van der Waals surface area contributed by atoms with Gasteiger partial charge in [-0.2, -0.15) is 0 Å². The van der Waals surface area contributed by atoms with Crippen molar-refractivity contribution in [2.75, 3.05) is 0 Å². The third kappa shape index (κ3) is 5.62. The molecule has 4 aromatic rings. The molecule has 0 fully saturated rings. The van der Waals surface area contributed by atoms with Crippen molar-refractivity contribution in [3.8, 4) is 34.5 Å². The van der Waals surface area contributed by atoms with E-state index < -0.39 is 46.1 Å². The van der Waals surface area contributed by atoms with E-state index in [0.29, 0.717) is 5.75 Å². The molecule has 0 aliphatic carbocycles. The molecular weight excluding hydrogens is 512 g/mol. The van der Waals surface area contributed by atoms with Crippen molar-refractivity contribution in [2.24, 2.45) is 0 Å². The van der Waals surface area contributed by atoms with Gasteiger partial charge in [-0.15, -0.1) is 0 Å². The number of ether oxygens (including phenoxy) is 3. The van der Waals surface area contributed by atoms with E-state index in [1.54, 1.807) is 30.3 Å². The molecule has 39 heavy (non-hydrogen) atoms. The fraction of sp³-hybridized carbons (Fsp3) is 0. The molecule has 0 spiro atoms. The standard InChI is InChI=1S/C28H18O11/c29-25(30)16-9-4-11-18(22(16)27(33)34)38-21-14-6-13-20(37-15-7-2-1-3-8-15)24(21)39-19-12-5-10-17(26(31)32)23(19)28(35)36/h1-14H,(H,29,30)(H,31,32)(H,33,34)(H,35,36). The second kappa shape index (κ2) is 11.0. The molecule has 4 N–H and O–H groups in total. The topological polar surface area (TPSA) is 177 Å². The van der Waals surface area contributed by atoms with Crippen LogP contribution in [0.15, 0.2) is 84.9 Å². The molecular formula is C28H18O11. The van der Waals surface area contributed by atoms with Crippen LogP contribution in [0.1, 0.15) is 41.4 Å². The Labute approximate surface area is 219 Å². The highest BCUT2D eigenvalue weighted by atomic mass is 16.5. The van der Waals surface area contributed by atoms with E-state index in [9.17, 15) is 39.6 Å². The van der Waals surface area contributed by atoms with Gasteiger partial charge in [0.1, 0.15) is 28.4 Å². The molecule has 0 saturated heterocycles. The zero-order chi connectivity index (χ0) is 28.1. The van der Waals surface area contributed by atoms with Crippen LogP contribution < -0.4 is 14.2 Å². The van der Waals surface area contributed by atoms with Gasteiger partial charge in [0.15, 0.2) is 11.5 Å². The first-order valence-electron chi connectivity index (χ1n) is 11.1. The lowest BCUT2D eigenvalue weighted by Crippen LogP contribution is -2.10. The molecule has 196 valence electrons. The van der Waals surface area contributed by atoms with Crippen molar-refractivity contribution < 1.29 is 53.8 Å². The van der Waals surface area contributed by atoms with E-state index in [4.69, 9.17) is 14.2 Å². The Morgan fingerprint density at radius 1 is 0.436 bits per heavy atom. The molecule has 4 aromatic carbocycles. The Bertz CT molecular complexity index is 1590. The zero-order valence-electron chi connectivity index (χ0n) is 19.7. The van der Waals surface area contributed by atoms with Crippen LogP contribution in [0.4, 0.5) is 0 Å². The van der Waals surface area contributed by atoms with Gasteiger partial charge in [0.25, 0.3) is 0 Å². The number of hydrogen-bond acceptors (Lipinski definition) is 7. The Balaban J connectivity index is 1.90. The van der Waals surface area contributed by atoms with E-state index in [0.717, 1.165) is 12.1 Å². The first kappa shape index (κ1) is 26.2. The fourth-order valence-electron chi connectivity index (χ4n) is 3.63. The van der Waals surface area contributed by atoms with Crippen LogP contribution in [0, 0.1) is 0 Å². The van der Waals surface area contributed by atoms with Gasteiger partial charge in [0, 0.05) is 0 Å². The van der Waals surface area contributed by atoms with Crippen molar-refractivity contribution >= 4 is 23.9 Å². The molecule has 11 nitrogen and oxygen atoms in total. The van der Waals surface area contributed by atoms with E-state index in [2.05, 4.69) is 0 Å². The molecule has 4 rings (SSSR count). The molecule has 0 unspecified atom stereocenters. The van der Waals surface area contributed by atoms with Gasteiger partial charge in [-0.25, -0.2) is 19.2 Å². The number of aromatic carboxylic acids is 4. The van der Waals surface area contributed by atoms with Crippen LogP contribution in [0.3, 0.4) is 0 Å². The summed E-state index contributed by atoms with van der Waals surface area (Å²) in [5.41, 5.74) is -2.35. The summed E-state index contributed by atoms with van der Waals surface area (Å²) in [5.74, 6) is -6.89. The maximum absolute atomic E-state index is 12.0. The molecule has 0 radical (unpaired) electrons. The van der Waals surface area contributed by atoms with E-state index >= 15 is 0 Å². The summed E-state index contributed by atoms with van der Waals surface area (Å²) < 4.78 is 17.6. The third-order valence-electron chi connectivity index (χ3n) is 5.29.